The lowest BCUT2D eigenvalue weighted by Gasteiger charge is -2.40. The van der Waals surface area contributed by atoms with Gasteiger partial charge in [-0.25, -0.2) is 27.2 Å². The van der Waals surface area contributed by atoms with Crippen molar-refractivity contribution >= 4 is 11.9 Å². The summed E-state index contributed by atoms with van der Waals surface area (Å²) in [5.41, 5.74) is 2.64. The number of ether oxygens (including phenoxy) is 4. The van der Waals surface area contributed by atoms with Crippen molar-refractivity contribution in [3.05, 3.63) is 227 Å². The molecular formula is C60H64F4N4O6. The van der Waals surface area contributed by atoms with E-state index in [0.29, 0.717) is 65.6 Å². The van der Waals surface area contributed by atoms with Crippen LogP contribution in [-0.4, -0.2) is 123 Å². The fraction of sp³-hybridized carbons (Fsp3) is 0.333. The van der Waals surface area contributed by atoms with E-state index in [0.717, 1.165) is 71.7 Å². The number of nitrogens with zero attached hydrogens (tertiary/aromatic N) is 4. The Morgan fingerprint density at radius 2 is 0.703 bits per heavy atom. The highest BCUT2D eigenvalue weighted by atomic mass is 19.1. The fourth-order valence-corrected chi connectivity index (χ4v) is 9.71. The zero-order valence-electron chi connectivity index (χ0n) is 42.0. The smallest absolute Gasteiger partial charge is 0.331 e. The summed E-state index contributed by atoms with van der Waals surface area (Å²) < 4.78 is 80.2. The molecule has 6 aromatic rings. The lowest BCUT2D eigenvalue weighted by Crippen LogP contribution is -2.52. The number of hydrogen-bond donors (Lipinski definition) is 0. The maximum absolute atomic E-state index is 13.8. The first-order chi connectivity index (χ1) is 35.8. The number of hydrogen-bond acceptors (Lipinski definition) is 10. The van der Waals surface area contributed by atoms with Gasteiger partial charge in [-0.1, -0.05) is 109 Å². The van der Waals surface area contributed by atoms with Gasteiger partial charge in [0.15, 0.2) is 0 Å². The van der Waals surface area contributed by atoms with E-state index in [1.807, 2.05) is 74.5 Å². The standard InChI is InChI=1S/C60H64F4N4O6/c1-59(49-9-5-3-6-10-49,43-67-35-31-65(32-36-67)39-41-71-57(45-13-21-51(61)22-14-45)46-15-23-52(62)24-16-46)73-55(69)29-30-56(70)74-60(2,50-11-7-4-8-12-50)44-68-37-33-66(34-38-68)40-42-72-58(47-17-25-53(63)26-18-47)48-19-27-54(64)28-20-48/h3-30,57-58H,31-44H2,1-2H3/b30-29-/t59-,60-/m1/s1. The van der Waals surface area contributed by atoms with E-state index < -0.39 is 35.3 Å². The van der Waals surface area contributed by atoms with Crippen molar-refractivity contribution in [2.45, 2.75) is 37.3 Å². The summed E-state index contributed by atoms with van der Waals surface area (Å²) in [5, 5.41) is 0. The number of esters is 2. The Morgan fingerprint density at radius 1 is 0.432 bits per heavy atom. The average molecular weight is 1010 g/mol. The summed E-state index contributed by atoms with van der Waals surface area (Å²) >= 11 is 0. The molecule has 0 spiro atoms. The van der Waals surface area contributed by atoms with Crippen LogP contribution in [0.4, 0.5) is 17.6 Å². The molecule has 0 saturated carbocycles. The van der Waals surface area contributed by atoms with E-state index in [4.69, 9.17) is 18.9 Å². The highest BCUT2D eigenvalue weighted by molar-refractivity contribution is 5.92. The number of carbonyl (C=O) groups excluding carboxylic acids is 2. The van der Waals surface area contributed by atoms with Crippen LogP contribution >= 0.6 is 0 Å². The molecule has 2 fully saturated rings. The van der Waals surface area contributed by atoms with Crippen LogP contribution in [0.5, 0.6) is 0 Å². The zero-order chi connectivity index (χ0) is 51.9. The molecule has 14 heteroatoms. The second-order valence-electron chi connectivity index (χ2n) is 19.3. The van der Waals surface area contributed by atoms with Crippen molar-refractivity contribution in [2.24, 2.45) is 0 Å². The van der Waals surface area contributed by atoms with E-state index in [9.17, 15) is 27.2 Å². The Balaban J connectivity index is 0.826. The van der Waals surface area contributed by atoms with E-state index in [1.165, 1.54) is 48.5 Å². The Labute approximate surface area is 431 Å². The Hall–Kier alpha value is -6.52. The summed E-state index contributed by atoms with van der Waals surface area (Å²) in [6, 6.07) is 43.7. The molecule has 2 aliphatic rings. The number of benzene rings is 6. The van der Waals surface area contributed by atoms with Crippen molar-refractivity contribution in [3.8, 4) is 0 Å². The average Bonchev–Trinajstić information content (AvgIpc) is 3.41. The molecular weight excluding hydrogens is 949 g/mol. The quantitative estimate of drug-likeness (QED) is 0.0373. The van der Waals surface area contributed by atoms with Gasteiger partial charge in [0, 0.05) is 90.7 Å². The molecule has 10 nitrogen and oxygen atoms in total. The van der Waals surface area contributed by atoms with E-state index in [1.54, 1.807) is 48.5 Å². The molecule has 6 aromatic carbocycles. The van der Waals surface area contributed by atoms with Crippen LogP contribution in [0, 0.1) is 23.3 Å². The van der Waals surface area contributed by atoms with Gasteiger partial charge in [-0.15, -0.1) is 0 Å². The molecule has 0 N–H and O–H groups in total. The van der Waals surface area contributed by atoms with Gasteiger partial charge in [-0.2, -0.15) is 0 Å². The summed E-state index contributed by atoms with van der Waals surface area (Å²) in [5.74, 6) is -2.73. The van der Waals surface area contributed by atoms with Crippen LogP contribution in [0.15, 0.2) is 170 Å². The first kappa shape index (κ1) is 53.8. The molecule has 0 unspecified atom stereocenters. The van der Waals surface area contributed by atoms with Crippen molar-refractivity contribution in [1.29, 1.82) is 0 Å². The molecule has 2 saturated heterocycles. The number of halogens is 4. The number of piperazine rings is 2. The molecule has 0 aliphatic carbocycles. The first-order valence-electron chi connectivity index (χ1n) is 25.2. The van der Waals surface area contributed by atoms with Crippen LogP contribution < -0.4 is 0 Å². The summed E-state index contributed by atoms with van der Waals surface area (Å²) in [6.45, 7) is 12.5. The van der Waals surface area contributed by atoms with Gasteiger partial charge in [-0.3, -0.25) is 19.6 Å². The van der Waals surface area contributed by atoms with E-state index in [-0.39, 0.29) is 23.3 Å². The van der Waals surface area contributed by atoms with Crippen LogP contribution in [-0.2, 0) is 39.7 Å². The minimum Gasteiger partial charge on any atom is -0.450 e. The second kappa shape index (κ2) is 25.6. The van der Waals surface area contributed by atoms with E-state index in [2.05, 4.69) is 19.6 Å². The van der Waals surface area contributed by atoms with Gasteiger partial charge in [0.1, 0.15) is 46.7 Å². The van der Waals surface area contributed by atoms with Crippen molar-refractivity contribution in [1.82, 2.24) is 19.6 Å². The predicted octanol–water partition coefficient (Wildman–Crippen LogP) is 9.86. The second-order valence-corrected chi connectivity index (χ2v) is 19.3. The maximum Gasteiger partial charge on any atom is 0.331 e. The van der Waals surface area contributed by atoms with Crippen molar-refractivity contribution in [3.63, 3.8) is 0 Å². The first-order valence-corrected chi connectivity index (χ1v) is 25.2. The largest absolute Gasteiger partial charge is 0.450 e. The molecule has 0 bridgehead atoms. The number of rotatable bonds is 22. The lowest BCUT2D eigenvalue weighted by atomic mass is 9.94. The molecule has 2 heterocycles. The molecule has 0 aromatic heterocycles. The molecule has 74 heavy (non-hydrogen) atoms. The van der Waals surface area contributed by atoms with Crippen LogP contribution in [0.25, 0.3) is 0 Å². The molecule has 0 radical (unpaired) electrons. The molecule has 0 amide bonds. The molecule has 8 rings (SSSR count). The normalized spacial score (nSPS) is 16.8. The maximum atomic E-state index is 13.8. The SMILES string of the molecule is C[C@](CN1CCN(CCOC(c2ccc(F)cc2)c2ccc(F)cc2)CC1)(OC(=O)/C=C\C(=O)O[C@](C)(CN1CCN(CCOC(c2ccc(F)cc2)c2ccc(F)cc2)CC1)c1ccccc1)c1ccccc1. The van der Waals surface area contributed by atoms with Crippen LogP contribution in [0.3, 0.4) is 0 Å². The minimum absolute atomic E-state index is 0.344. The fourth-order valence-electron chi connectivity index (χ4n) is 9.71. The molecule has 388 valence electrons. The summed E-state index contributed by atoms with van der Waals surface area (Å²) in [4.78, 5) is 36.4. The summed E-state index contributed by atoms with van der Waals surface area (Å²) in [6.07, 6.45) is 1.30. The van der Waals surface area contributed by atoms with Gasteiger partial charge < -0.3 is 18.9 Å². The van der Waals surface area contributed by atoms with Gasteiger partial charge in [0.25, 0.3) is 0 Å². The van der Waals surface area contributed by atoms with Gasteiger partial charge in [0.05, 0.1) is 13.2 Å². The highest BCUT2D eigenvalue weighted by Crippen LogP contribution is 2.32. The molecule has 2 atom stereocenters. The predicted molar refractivity (Wildman–Crippen MR) is 276 cm³/mol. The third kappa shape index (κ3) is 15.1. The zero-order valence-corrected chi connectivity index (χ0v) is 42.0. The highest BCUT2D eigenvalue weighted by Gasteiger charge is 2.36. The molecule has 2 aliphatic heterocycles. The van der Waals surface area contributed by atoms with Crippen molar-refractivity contribution < 1.29 is 46.1 Å². The Morgan fingerprint density at radius 3 is 0.986 bits per heavy atom. The van der Waals surface area contributed by atoms with Crippen LogP contribution in [0.1, 0.15) is 59.4 Å². The van der Waals surface area contributed by atoms with Gasteiger partial charge >= 0.3 is 11.9 Å². The van der Waals surface area contributed by atoms with Gasteiger partial charge in [-0.05, 0) is 95.8 Å². The topological polar surface area (TPSA) is 84.0 Å². The third-order valence-corrected chi connectivity index (χ3v) is 13.8. The number of carbonyl (C=O) groups is 2. The monoisotopic (exact) mass is 1010 g/mol. The third-order valence-electron chi connectivity index (χ3n) is 13.8. The van der Waals surface area contributed by atoms with Crippen LogP contribution in [0.2, 0.25) is 0 Å². The lowest BCUT2D eigenvalue weighted by molar-refractivity contribution is -0.158. The van der Waals surface area contributed by atoms with E-state index >= 15 is 0 Å². The van der Waals surface area contributed by atoms with Crippen molar-refractivity contribution in [2.75, 3.05) is 91.8 Å². The Bertz CT molecular complexity index is 2440. The van der Waals surface area contributed by atoms with Gasteiger partial charge in [0.2, 0.25) is 0 Å². The summed E-state index contributed by atoms with van der Waals surface area (Å²) in [7, 11) is 0. The Kier molecular flexibility index (Phi) is 18.6. The minimum atomic E-state index is -1.05.